The number of ether oxygens (including phenoxy) is 1. The summed E-state index contributed by atoms with van der Waals surface area (Å²) in [5.41, 5.74) is -0.454. The smallest absolute Gasteiger partial charge is 0.484 e. The van der Waals surface area contributed by atoms with Gasteiger partial charge in [0.05, 0.1) is 0 Å². The van der Waals surface area contributed by atoms with Crippen molar-refractivity contribution < 1.29 is 32.3 Å². The number of hydrogen-bond acceptors (Lipinski definition) is 3. The molecule has 0 unspecified atom stereocenters. The average Bonchev–Trinajstić information content (AvgIpc) is 2.14. The molecular formula is C8H7BF4O3. The predicted octanol–water partition coefficient (Wildman–Crippen LogP) is 0.447. The number of rotatable bonds is 3. The molecule has 0 bridgehead atoms. The Balaban J connectivity index is 2.87. The minimum Gasteiger partial charge on any atom is -0.484 e. The molecule has 0 radical (unpaired) electrons. The highest BCUT2D eigenvalue weighted by Gasteiger charge is 2.29. The fourth-order valence-corrected chi connectivity index (χ4v) is 1.01. The lowest BCUT2D eigenvalue weighted by molar-refractivity contribution is -0.153. The molecule has 0 fully saturated rings. The van der Waals surface area contributed by atoms with E-state index in [1.165, 1.54) is 0 Å². The zero-order valence-electron chi connectivity index (χ0n) is 7.83. The van der Waals surface area contributed by atoms with Gasteiger partial charge in [0.15, 0.2) is 6.61 Å². The lowest BCUT2D eigenvalue weighted by atomic mass is 9.79. The summed E-state index contributed by atoms with van der Waals surface area (Å²) in [4.78, 5) is 0. The maximum atomic E-state index is 12.7. The van der Waals surface area contributed by atoms with Crippen molar-refractivity contribution in [1.29, 1.82) is 0 Å². The predicted molar refractivity (Wildman–Crippen MR) is 47.8 cm³/mol. The highest BCUT2D eigenvalue weighted by atomic mass is 19.4. The summed E-state index contributed by atoms with van der Waals surface area (Å²) in [5.74, 6) is -1.23. The van der Waals surface area contributed by atoms with Crippen LogP contribution in [0.5, 0.6) is 5.75 Å². The molecule has 0 atom stereocenters. The normalized spacial score (nSPS) is 11.4. The Morgan fingerprint density at radius 1 is 1.25 bits per heavy atom. The van der Waals surface area contributed by atoms with Gasteiger partial charge in [-0.3, -0.25) is 0 Å². The zero-order valence-corrected chi connectivity index (χ0v) is 7.83. The summed E-state index contributed by atoms with van der Waals surface area (Å²) in [5, 5.41) is 17.6. The minimum absolute atomic E-state index is 0.422. The van der Waals surface area contributed by atoms with Gasteiger partial charge in [-0.25, -0.2) is 4.39 Å². The van der Waals surface area contributed by atoms with Crippen LogP contribution in [-0.4, -0.2) is 29.9 Å². The van der Waals surface area contributed by atoms with Crippen LogP contribution in [0.3, 0.4) is 0 Å². The van der Waals surface area contributed by atoms with Crippen LogP contribution in [0, 0.1) is 5.82 Å². The van der Waals surface area contributed by atoms with Gasteiger partial charge in [-0.1, -0.05) is 0 Å². The zero-order chi connectivity index (χ0) is 12.3. The van der Waals surface area contributed by atoms with Crippen LogP contribution >= 0.6 is 0 Å². The molecular weight excluding hydrogens is 231 g/mol. The molecule has 3 nitrogen and oxygen atoms in total. The molecule has 1 aromatic carbocycles. The molecule has 0 aromatic heterocycles. The third-order valence-electron chi connectivity index (χ3n) is 1.64. The Bertz CT molecular complexity index is 367. The van der Waals surface area contributed by atoms with Crippen molar-refractivity contribution in [3.63, 3.8) is 0 Å². The van der Waals surface area contributed by atoms with Gasteiger partial charge in [0.1, 0.15) is 11.6 Å². The molecule has 0 heterocycles. The van der Waals surface area contributed by atoms with Crippen LogP contribution in [-0.2, 0) is 0 Å². The number of hydrogen-bond donors (Lipinski definition) is 2. The molecule has 8 heteroatoms. The Labute approximate surface area is 88.4 Å². The quantitative estimate of drug-likeness (QED) is 0.593. The van der Waals surface area contributed by atoms with Gasteiger partial charge in [0.25, 0.3) is 0 Å². The summed E-state index contributed by atoms with van der Waals surface area (Å²) >= 11 is 0. The Morgan fingerprint density at radius 2 is 1.88 bits per heavy atom. The summed E-state index contributed by atoms with van der Waals surface area (Å²) in [7, 11) is -2.10. The lowest BCUT2D eigenvalue weighted by Crippen LogP contribution is -2.33. The minimum atomic E-state index is -4.55. The third kappa shape index (κ3) is 3.71. The van der Waals surface area contributed by atoms with Gasteiger partial charge in [0.2, 0.25) is 0 Å². The van der Waals surface area contributed by atoms with Crippen molar-refractivity contribution in [2.75, 3.05) is 6.61 Å². The van der Waals surface area contributed by atoms with E-state index in [9.17, 15) is 17.6 Å². The first-order chi connectivity index (χ1) is 7.29. The molecule has 0 aliphatic carbocycles. The summed E-state index contributed by atoms with van der Waals surface area (Å²) < 4.78 is 52.5. The summed E-state index contributed by atoms with van der Waals surface area (Å²) in [6.45, 7) is -1.58. The fourth-order valence-electron chi connectivity index (χ4n) is 1.01. The Morgan fingerprint density at radius 3 is 2.38 bits per heavy atom. The van der Waals surface area contributed by atoms with Crippen molar-refractivity contribution in [3.8, 4) is 5.75 Å². The first-order valence-corrected chi connectivity index (χ1v) is 4.15. The number of benzene rings is 1. The van der Waals surface area contributed by atoms with Gasteiger partial charge in [-0.05, 0) is 18.2 Å². The van der Waals surface area contributed by atoms with E-state index in [2.05, 4.69) is 4.74 Å². The highest BCUT2D eigenvalue weighted by Crippen LogP contribution is 2.17. The molecule has 1 rings (SSSR count). The Kier molecular flexibility index (Phi) is 3.76. The number of alkyl halides is 3. The topological polar surface area (TPSA) is 49.7 Å². The van der Waals surface area contributed by atoms with E-state index in [4.69, 9.17) is 10.0 Å². The second kappa shape index (κ2) is 4.71. The largest absolute Gasteiger partial charge is 0.492 e. The Hall–Kier alpha value is -1.28. The lowest BCUT2D eigenvalue weighted by Gasteiger charge is -2.12. The second-order valence-electron chi connectivity index (χ2n) is 2.96. The summed E-state index contributed by atoms with van der Waals surface area (Å²) in [6, 6.07) is 2.45. The summed E-state index contributed by atoms with van der Waals surface area (Å²) in [6.07, 6.45) is -4.55. The molecule has 0 saturated heterocycles. The molecule has 16 heavy (non-hydrogen) atoms. The molecule has 0 spiro atoms. The van der Waals surface area contributed by atoms with Crippen molar-refractivity contribution in [3.05, 3.63) is 24.0 Å². The van der Waals surface area contributed by atoms with Crippen LogP contribution < -0.4 is 10.2 Å². The van der Waals surface area contributed by atoms with Crippen molar-refractivity contribution in [1.82, 2.24) is 0 Å². The van der Waals surface area contributed by atoms with Gasteiger partial charge in [0, 0.05) is 5.46 Å². The second-order valence-corrected chi connectivity index (χ2v) is 2.96. The monoisotopic (exact) mass is 238 g/mol. The first-order valence-electron chi connectivity index (χ1n) is 4.15. The van der Waals surface area contributed by atoms with E-state index in [-0.39, 0.29) is 0 Å². The van der Waals surface area contributed by atoms with Crippen LogP contribution in [0.4, 0.5) is 17.6 Å². The molecule has 0 saturated carbocycles. The first kappa shape index (κ1) is 12.8. The standard InChI is InChI=1S/C8H7BF4O3/c10-5-1-2-7(6(3-5)9(14)15)16-4-8(11,12)13/h1-3,14-15H,4H2. The van der Waals surface area contributed by atoms with Gasteiger partial charge in [-0.2, -0.15) is 13.2 Å². The van der Waals surface area contributed by atoms with Crippen LogP contribution in [0.25, 0.3) is 0 Å². The van der Waals surface area contributed by atoms with Crippen LogP contribution in [0.15, 0.2) is 18.2 Å². The molecule has 2 N–H and O–H groups in total. The van der Waals surface area contributed by atoms with Crippen LogP contribution in [0.1, 0.15) is 0 Å². The molecule has 0 aliphatic heterocycles. The highest BCUT2D eigenvalue weighted by molar-refractivity contribution is 6.59. The maximum absolute atomic E-state index is 12.7. The fraction of sp³-hybridized carbons (Fsp3) is 0.250. The van der Waals surface area contributed by atoms with Gasteiger partial charge < -0.3 is 14.8 Å². The van der Waals surface area contributed by atoms with Gasteiger partial charge >= 0.3 is 13.3 Å². The average molecular weight is 238 g/mol. The maximum Gasteiger partial charge on any atom is 0.492 e. The molecule has 1 aromatic rings. The van der Waals surface area contributed by atoms with Crippen molar-refractivity contribution in [2.24, 2.45) is 0 Å². The van der Waals surface area contributed by atoms with Crippen molar-refractivity contribution >= 4 is 12.6 Å². The van der Waals surface area contributed by atoms with E-state index in [1.54, 1.807) is 0 Å². The molecule has 0 amide bonds. The van der Waals surface area contributed by atoms with E-state index in [0.29, 0.717) is 6.07 Å². The molecule has 0 aliphatic rings. The van der Waals surface area contributed by atoms with E-state index in [1.807, 2.05) is 0 Å². The van der Waals surface area contributed by atoms with E-state index in [0.717, 1.165) is 12.1 Å². The van der Waals surface area contributed by atoms with Gasteiger partial charge in [-0.15, -0.1) is 0 Å². The third-order valence-corrected chi connectivity index (χ3v) is 1.64. The SMILES string of the molecule is OB(O)c1cc(F)ccc1OCC(F)(F)F. The van der Waals surface area contributed by atoms with Crippen molar-refractivity contribution in [2.45, 2.75) is 6.18 Å². The van der Waals surface area contributed by atoms with E-state index < -0.39 is 36.9 Å². The van der Waals surface area contributed by atoms with E-state index >= 15 is 0 Å². The number of halogens is 4. The van der Waals surface area contributed by atoms with Crippen LogP contribution in [0.2, 0.25) is 0 Å². The molecule has 88 valence electrons.